The molecule has 3 aromatic rings. The number of carbonyl (C=O) groups excluding carboxylic acids is 1. The highest BCUT2D eigenvalue weighted by Crippen LogP contribution is 2.29. The van der Waals surface area contributed by atoms with Crippen LogP contribution in [0.25, 0.3) is 10.8 Å². The van der Waals surface area contributed by atoms with E-state index in [0.717, 1.165) is 10.8 Å². The van der Waals surface area contributed by atoms with Crippen molar-refractivity contribution in [3.63, 3.8) is 0 Å². The summed E-state index contributed by atoms with van der Waals surface area (Å²) in [5.74, 6) is 0.482. The Kier molecular flexibility index (Phi) is 3.32. The number of phenols is 1. The molecule has 3 nitrogen and oxygen atoms in total. The molecule has 0 saturated carbocycles. The first-order chi connectivity index (χ1) is 10.2. The van der Waals surface area contributed by atoms with E-state index in [2.05, 4.69) is 0 Å². The minimum absolute atomic E-state index is 0.00508. The number of ether oxygens (including phenoxy) is 1. The Labute approximate surface area is 122 Å². The lowest BCUT2D eigenvalue weighted by Gasteiger charge is -2.09. The van der Waals surface area contributed by atoms with Gasteiger partial charge in [-0.05, 0) is 41.1 Å². The van der Waals surface area contributed by atoms with E-state index in [1.54, 1.807) is 43.5 Å². The van der Waals surface area contributed by atoms with Gasteiger partial charge in [-0.15, -0.1) is 0 Å². The number of fused-ring (bicyclic) bond motifs is 1. The smallest absolute Gasteiger partial charge is 0.197 e. The molecule has 0 aliphatic heterocycles. The summed E-state index contributed by atoms with van der Waals surface area (Å²) in [5, 5.41) is 11.8. The van der Waals surface area contributed by atoms with E-state index in [4.69, 9.17) is 4.74 Å². The van der Waals surface area contributed by atoms with Crippen molar-refractivity contribution in [2.45, 2.75) is 0 Å². The van der Waals surface area contributed by atoms with Crippen LogP contribution in [0, 0.1) is 0 Å². The summed E-state index contributed by atoms with van der Waals surface area (Å²) in [6.45, 7) is 0. The molecule has 0 atom stereocenters. The van der Waals surface area contributed by atoms with Gasteiger partial charge >= 0.3 is 0 Å². The Morgan fingerprint density at radius 1 is 0.952 bits per heavy atom. The third-order valence-electron chi connectivity index (χ3n) is 3.49. The number of hydrogen-bond donors (Lipinski definition) is 1. The Hall–Kier alpha value is -2.81. The van der Waals surface area contributed by atoms with Gasteiger partial charge in [-0.25, -0.2) is 0 Å². The van der Waals surface area contributed by atoms with Crippen molar-refractivity contribution in [1.82, 2.24) is 0 Å². The van der Waals surface area contributed by atoms with Crippen molar-refractivity contribution < 1.29 is 14.6 Å². The standard InChI is InChI=1S/C18H14O3/c1-21-14-9-6-13(7-10-14)18(20)17-15-5-3-2-4-12(15)8-11-16(17)19/h2-11,19H,1H3. The molecule has 0 aliphatic carbocycles. The summed E-state index contributed by atoms with van der Waals surface area (Å²) in [5.41, 5.74) is 0.848. The molecule has 0 amide bonds. The summed E-state index contributed by atoms with van der Waals surface area (Å²) in [4.78, 5) is 12.7. The Morgan fingerprint density at radius 2 is 1.67 bits per heavy atom. The first-order valence-corrected chi connectivity index (χ1v) is 6.60. The van der Waals surface area contributed by atoms with Crippen LogP contribution in [0.5, 0.6) is 11.5 Å². The third-order valence-corrected chi connectivity index (χ3v) is 3.49. The van der Waals surface area contributed by atoms with Gasteiger partial charge in [0.25, 0.3) is 0 Å². The molecule has 0 spiro atoms. The van der Waals surface area contributed by atoms with Crippen molar-refractivity contribution in [2.24, 2.45) is 0 Å². The number of ketones is 1. The molecule has 0 radical (unpaired) electrons. The molecule has 0 aromatic heterocycles. The van der Waals surface area contributed by atoms with Crippen molar-refractivity contribution in [1.29, 1.82) is 0 Å². The zero-order valence-electron chi connectivity index (χ0n) is 11.5. The van der Waals surface area contributed by atoms with Crippen LogP contribution in [0.2, 0.25) is 0 Å². The van der Waals surface area contributed by atoms with Crippen LogP contribution in [0.4, 0.5) is 0 Å². The van der Waals surface area contributed by atoms with E-state index in [9.17, 15) is 9.90 Å². The minimum Gasteiger partial charge on any atom is -0.507 e. The van der Waals surface area contributed by atoms with Crippen molar-refractivity contribution >= 4 is 16.6 Å². The summed E-state index contributed by atoms with van der Waals surface area (Å²) >= 11 is 0. The molecule has 0 aliphatic rings. The number of aromatic hydroxyl groups is 1. The van der Waals surface area contributed by atoms with Crippen molar-refractivity contribution in [2.75, 3.05) is 7.11 Å². The molecule has 3 heteroatoms. The molecule has 3 rings (SSSR count). The van der Waals surface area contributed by atoms with Crippen LogP contribution >= 0.6 is 0 Å². The van der Waals surface area contributed by atoms with E-state index in [-0.39, 0.29) is 11.5 Å². The van der Waals surface area contributed by atoms with Gasteiger partial charge in [-0.1, -0.05) is 30.3 Å². The average Bonchev–Trinajstić information content (AvgIpc) is 2.54. The monoisotopic (exact) mass is 278 g/mol. The lowest BCUT2D eigenvalue weighted by atomic mass is 9.96. The molecule has 104 valence electrons. The normalized spacial score (nSPS) is 10.5. The maximum absolute atomic E-state index is 12.7. The average molecular weight is 278 g/mol. The van der Waals surface area contributed by atoms with Gasteiger partial charge in [0.1, 0.15) is 11.5 Å². The van der Waals surface area contributed by atoms with Gasteiger partial charge in [-0.3, -0.25) is 4.79 Å². The van der Waals surface area contributed by atoms with Crippen LogP contribution in [-0.2, 0) is 0 Å². The number of hydrogen-bond acceptors (Lipinski definition) is 3. The van der Waals surface area contributed by atoms with Crippen LogP contribution < -0.4 is 4.74 Å². The quantitative estimate of drug-likeness (QED) is 0.741. The fourth-order valence-corrected chi connectivity index (χ4v) is 2.39. The van der Waals surface area contributed by atoms with E-state index < -0.39 is 0 Å². The lowest BCUT2D eigenvalue weighted by molar-refractivity contribution is 0.103. The summed E-state index contributed by atoms with van der Waals surface area (Å²) in [7, 11) is 1.58. The first kappa shape index (κ1) is 13.2. The van der Waals surface area contributed by atoms with Gasteiger partial charge in [-0.2, -0.15) is 0 Å². The Bertz CT molecular complexity index is 804. The molecule has 0 saturated heterocycles. The van der Waals surface area contributed by atoms with E-state index in [1.165, 1.54) is 0 Å². The second-order valence-corrected chi connectivity index (χ2v) is 4.74. The zero-order chi connectivity index (χ0) is 14.8. The maximum Gasteiger partial charge on any atom is 0.197 e. The predicted octanol–water partition coefficient (Wildman–Crippen LogP) is 3.79. The molecule has 1 N–H and O–H groups in total. The molecule has 21 heavy (non-hydrogen) atoms. The van der Waals surface area contributed by atoms with Gasteiger partial charge in [0.2, 0.25) is 0 Å². The predicted molar refractivity (Wildman–Crippen MR) is 82.0 cm³/mol. The van der Waals surface area contributed by atoms with Gasteiger partial charge < -0.3 is 9.84 Å². The number of methoxy groups -OCH3 is 1. The van der Waals surface area contributed by atoms with Crippen molar-refractivity contribution in [3.05, 3.63) is 71.8 Å². The highest BCUT2D eigenvalue weighted by Gasteiger charge is 2.16. The van der Waals surface area contributed by atoms with Crippen LogP contribution in [0.1, 0.15) is 15.9 Å². The number of carbonyl (C=O) groups is 1. The summed E-state index contributed by atoms with van der Waals surface area (Å²) in [6.07, 6.45) is 0. The highest BCUT2D eigenvalue weighted by molar-refractivity contribution is 6.18. The fourth-order valence-electron chi connectivity index (χ4n) is 2.39. The molecular weight excluding hydrogens is 264 g/mol. The van der Waals surface area contributed by atoms with Gasteiger partial charge in [0.15, 0.2) is 5.78 Å². The lowest BCUT2D eigenvalue weighted by Crippen LogP contribution is -2.02. The fraction of sp³-hybridized carbons (Fsp3) is 0.0556. The molecule has 3 aromatic carbocycles. The maximum atomic E-state index is 12.7. The second-order valence-electron chi connectivity index (χ2n) is 4.74. The first-order valence-electron chi connectivity index (χ1n) is 6.60. The van der Waals surface area contributed by atoms with E-state index in [1.807, 2.05) is 24.3 Å². The number of phenolic OH excluding ortho intramolecular Hbond substituents is 1. The molecule has 0 bridgehead atoms. The number of benzene rings is 3. The highest BCUT2D eigenvalue weighted by atomic mass is 16.5. The largest absolute Gasteiger partial charge is 0.507 e. The summed E-state index contributed by atoms with van der Waals surface area (Å²) < 4.78 is 5.09. The van der Waals surface area contributed by atoms with Gasteiger partial charge in [0, 0.05) is 5.56 Å². The molecule has 0 fully saturated rings. The van der Waals surface area contributed by atoms with Gasteiger partial charge in [0.05, 0.1) is 12.7 Å². The second kappa shape index (κ2) is 5.29. The van der Waals surface area contributed by atoms with E-state index in [0.29, 0.717) is 16.9 Å². The Morgan fingerprint density at radius 3 is 2.38 bits per heavy atom. The summed E-state index contributed by atoms with van der Waals surface area (Å²) in [6, 6.07) is 17.7. The SMILES string of the molecule is COc1ccc(C(=O)c2c(O)ccc3ccccc23)cc1. The third kappa shape index (κ3) is 2.34. The molecular formula is C18H14O3. The topological polar surface area (TPSA) is 46.5 Å². The van der Waals surface area contributed by atoms with Crippen LogP contribution in [0.3, 0.4) is 0 Å². The Balaban J connectivity index is 2.14. The van der Waals surface area contributed by atoms with Crippen LogP contribution in [0.15, 0.2) is 60.7 Å². The van der Waals surface area contributed by atoms with E-state index >= 15 is 0 Å². The van der Waals surface area contributed by atoms with Crippen molar-refractivity contribution in [3.8, 4) is 11.5 Å². The van der Waals surface area contributed by atoms with Crippen LogP contribution in [-0.4, -0.2) is 18.0 Å². The molecule has 0 unspecified atom stereocenters. The number of rotatable bonds is 3. The molecule has 0 heterocycles. The zero-order valence-corrected chi connectivity index (χ0v) is 11.5. The minimum atomic E-state index is -0.202.